The normalized spacial score (nSPS) is 10.5. The van der Waals surface area contributed by atoms with E-state index in [4.69, 9.17) is 11.6 Å². The first-order valence-corrected chi connectivity index (χ1v) is 5.00. The molecule has 4 nitrogen and oxygen atoms in total. The Balaban J connectivity index is 3.13. The zero-order valence-corrected chi connectivity index (χ0v) is 9.63. The minimum atomic E-state index is -0.478. The van der Waals surface area contributed by atoms with E-state index >= 15 is 0 Å². The third-order valence-corrected chi connectivity index (χ3v) is 2.24. The van der Waals surface area contributed by atoms with Crippen molar-refractivity contribution in [3.05, 3.63) is 32.8 Å². The topological polar surface area (TPSA) is 55.2 Å². The highest BCUT2D eigenvalue weighted by molar-refractivity contribution is 6.33. The van der Waals surface area contributed by atoms with E-state index in [9.17, 15) is 10.1 Å². The maximum absolute atomic E-state index is 10.6. The molecule has 0 fully saturated rings. The van der Waals surface area contributed by atoms with Crippen LogP contribution in [-0.4, -0.2) is 11.0 Å². The van der Waals surface area contributed by atoms with Gasteiger partial charge < -0.3 is 5.32 Å². The molecule has 0 aromatic heterocycles. The number of nitrogens with one attached hydrogen (secondary N) is 1. The number of aryl methyl sites for hydroxylation is 1. The highest BCUT2D eigenvalue weighted by Crippen LogP contribution is 2.30. The predicted octanol–water partition coefficient (Wildman–Crippen LogP) is 3.38. The largest absolute Gasteiger partial charge is 0.383 e. The van der Waals surface area contributed by atoms with Gasteiger partial charge in [0.2, 0.25) is 0 Å². The molecule has 0 aliphatic heterocycles. The van der Waals surface area contributed by atoms with Crippen molar-refractivity contribution in [3.8, 4) is 0 Å². The van der Waals surface area contributed by atoms with Gasteiger partial charge in [-0.3, -0.25) is 10.1 Å². The second-order valence-electron chi connectivity index (χ2n) is 3.67. The predicted molar refractivity (Wildman–Crippen MR) is 61.6 cm³/mol. The number of benzene rings is 1. The van der Waals surface area contributed by atoms with Gasteiger partial charge in [-0.25, -0.2) is 0 Å². The summed E-state index contributed by atoms with van der Waals surface area (Å²) in [7, 11) is 0. The lowest BCUT2D eigenvalue weighted by Gasteiger charge is -2.12. The van der Waals surface area contributed by atoms with Gasteiger partial charge in [0.25, 0.3) is 5.69 Å². The minimum absolute atomic E-state index is 0.0523. The minimum Gasteiger partial charge on any atom is -0.383 e. The van der Waals surface area contributed by atoms with E-state index < -0.39 is 4.92 Å². The van der Waals surface area contributed by atoms with Crippen LogP contribution in [0.2, 0.25) is 5.02 Å². The molecule has 0 radical (unpaired) electrons. The van der Waals surface area contributed by atoms with Crippen molar-refractivity contribution in [3.63, 3.8) is 0 Å². The Labute approximate surface area is 93.4 Å². The molecular formula is C10H13ClN2O2. The first-order chi connectivity index (χ1) is 6.91. The number of nitro groups is 1. The molecule has 1 rings (SSSR count). The zero-order chi connectivity index (χ0) is 11.6. The number of nitrogens with zero attached hydrogens (tertiary/aromatic N) is 1. The number of halogens is 1. The highest BCUT2D eigenvalue weighted by Gasteiger charge is 2.14. The summed E-state index contributed by atoms with van der Waals surface area (Å²) in [5, 5.41) is 13.9. The van der Waals surface area contributed by atoms with Crippen LogP contribution < -0.4 is 5.32 Å². The summed E-state index contributed by atoms with van der Waals surface area (Å²) in [6.45, 7) is 5.80. The van der Waals surface area contributed by atoms with E-state index in [1.807, 2.05) is 20.8 Å². The van der Waals surface area contributed by atoms with Crippen LogP contribution in [-0.2, 0) is 0 Å². The molecule has 5 heteroatoms. The van der Waals surface area contributed by atoms with Crippen molar-refractivity contribution in [1.82, 2.24) is 0 Å². The van der Waals surface area contributed by atoms with Crippen LogP contribution in [0.4, 0.5) is 11.4 Å². The van der Waals surface area contributed by atoms with Gasteiger partial charge in [0.1, 0.15) is 5.02 Å². The third kappa shape index (κ3) is 2.83. The molecule has 1 aromatic rings. The molecule has 0 unspecified atom stereocenters. The Bertz CT molecular complexity index is 391. The fourth-order valence-electron chi connectivity index (χ4n) is 1.27. The lowest BCUT2D eigenvalue weighted by atomic mass is 10.1. The second kappa shape index (κ2) is 4.49. The standard InChI is InChI=1S/C10H13ClN2O2/c1-6(2)12-9-5-8(11)10(13(14)15)4-7(9)3/h4-6,12H,1-3H3. The number of anilines is 1. The molecular weight excluding hydrogens is 216 g/mol. The zero-order valence-electron chi connectivity index (χ0n) is 8.87. The van der Waals surface area contributed by atoms with Crippen molar-refractivity contribution in [2.24, 2.45) is 0 Å². The molecule has 82 valence electrons. The fourth-order valence-corrected chi connectivity index (χ4v) is 1.51. The molecule has 0 heterocycles. The van der Waals surface area contributed by atoms with Crippen molar-refractivity contribution in [2.45, 2.75) is 26.8 Å². The summed E-state index contributed by atoms with van der Waals surface area (Å²) in [6.07, 6.45) is 0. The lowest BCUT2D eigenvalue weighted by molar-refractivity contribution is -0.384. The average molecular weight is 229 g/mol. The molecule has 0 spiro atoms. The second-order valence-corrected chi connectivity index (χ2v) is 4.08. The van der Waals surface area contributed by atoms with Gasteiger partial charge in [-0.15, -0.1) is 0 Å². The van der Waals surface area contributed by atoms with E-state index in [0.717, 1.165) is 11.3 Å². The Hall–Kier alpha value is -1.29. The van der Waals surface area contributed by atoms with Crippen LogP contribution in [0.3, 0.4) is 0 Å². The van der Waals surface area contributed by atoms with Gasteiger partial charge >= 0.3 is 0 Å². The molecule has 15 heavy (non-hydrogen) atoms. The molecule has 0 saturated heterocycles. The van der Waals surface area contributed by atoms with Crippen LogP contribution in [0.1, 0.15) is 19.4 Å². The van der Waals surface area contributed by atoms with Gasteiger partial charge in [0, 0.05) is 17.8 Å². The Morgan fingerprint density at radius 1 is 1.47 bits per heavy atom. The Morgan fingerprint density at radius 2 is 2.07 bits per heavy atom. The fraction of sp³-hybridized carbons (Fsp3) is 0.400. The third-order valence-electron chi connectivity index (χ3n) is 1.93. The molecule has 1 N–H and O–H groups in total. The lowest BCUT2D eigenvalue weighted by Crippen LogP contribution is -2.10. The van der Waals surface area contributed by atoms with Crippen LogP contribution in [0.15, 0.2) is 12.1 Å². The van der Waals surface area contributed by atoms with Gasteiger partial charge in [-0.2, -0.15) is 0 Å². The first-order valence-electron chi connectivity index (χ1n) is 4.63. The number of hydrogen-bond donors (Lipinski definition) is 1. The molecule has 0 aliphatic rings. The summed E-state index contributed by atoms with van der Waals surface area (Å²) >= 11 is 5.80. The summed E-state index contributed by atoms with van der Waals surface area (Å²) < 4.78 is 0. The number of rotatable bonds is 3. The maximum atomic E-state index is 10.6. The molecule has 0 bridgehead atoms. The highest BCUT2D eigenvalue weighted by atomic mass is 35.5. The van der Waals surface area contributed by atoms with Gasteiger partial charge in [0.15, 0.2) is 0 Å². The van der Waals surface area contributed by atoms with Crippen LogP contribution >= 0.6 is 11.6 Å². The average Bonchev–Trinajstić information content (AvgIpc) is 2.09. The Kier molecular flexibility index (Phi) is 3.52. The van der Waals surface area contributed by atoms with Crippen molar-refractivity contribution in [2.75, 3.05) is 5.32 Å². The van der Waals surface area contributed by atoms with E-state index in [-0.39, 0.29) is 16.8 Å². The maximum Gasteiger partial charge on any atom is 0.288 e. The van der Waals surface area contributed by atoms with Crippen molar-refractivity contribution < 1.29 is 4.92 Å². The van der Waals surface area contributed by atoms with Gasteiger partial charge in [-0.1, -0.05) is 11.6 Å². The van der Waals surface area contributed by atoms with Crippen LogP contribution in [0.25, 0.3) is 0 Å². The van der Waals surface area contributed by atoms with E-state index in [1.54, 1.807) is 6.07 Å². The van der Waals surface area contributed by atoms with Crippen LogP contribution in [0.5, 0.6) is 0 Å². The summed E-state index contributed by atoms with van der Waals surface area (Å²) in [5.41, 5.74) is 1.60. The summed E-state index contributed by atoms with van der Waals surface area (Å²) in [4.78, 5) is 10.1. The smallest absolute Gasteiger partial charge is 0.288 e. The first kappa shape index (κ1) is 11.8. The van der Waals surface area contributed by atoms with Crippen LogP contribution in [0, 0.1) is 17.0 Å². The molecule has 0 amide bonds. The van der Waals surface area contributed by atoms with Crippen molar-refractivity contribution in [1.29, 1.82) is 0 Å². The van der Waals surface area contributed by atoms with Crippen molar-refractivity contribution >= 4 is 23.0 Å². The number of nitro benzene ring substituents is 1. The van der Waals surface area contributed by atoms with E-state index in [0.29, 0.717) is 0 Å². The Morgan fingerprint density at radius 3 is 2.53 bits per heavy atom. The molecule has 0 aliphatic carbocycles. The summed E-state index contributed by atoms with van der Waals surface area (Å²) in [5.74, 6) is 0. The van der Waals surface area contributed by atoms with E-state index in [2.05, 4.69) is 5.32 Å². The quantitative estimate of drug-likeness (QED) is 0.637. The van der Waals surface area contributed by atoms with Gasteiger partial charge in [-0.05, 0) is 32.4 Å². The SMILES string of the molecule is Cc1cc([N+](=O)[O-])c(Cl)cc1NC(C)C. The number of hydrogen-bond acceptors (Lipinski definition) is 3. The monoisotopic (exact) mass is 228 g/mol. The molecule has 1 aromatic carbocycles. The van der Waals surface area contributed by atoms with E-state index in [1.165, 1.54) is 6.07 Å². The van der Waals surface area contributed by atoms with Gasteiger partial charge in [0.05, 0.1) is 4.92 Å². The summed E-state index contributed by atoms with van der Waals surface area (Å²) in [6, 6.07) is 3.34. The molecule has 0 saturated carbocycles. The molecule has 0 atom stereocenters.